The number of ether oxygens (including phenoxy) is 4. The Hall–Kier alpha value is -2.97. The van der Waals surface area contributed by atoms with Gasteiger partial charge in [0.25, 0.3) is 0 Å². The van der Waals surface area contributed by atoms with Crippen molar-refractivity contribution in [1.29, 1.82) is 0 Å². The van der Waals surface area contributed by atoms with E-state index in [1.165, 1.54) is 26.4 Å². The first-order valence-corrected chi connectivity index (χ1v) is 7.77. The number of hydrogen-bond donors (Lipinski definition) is 0. The van der Waals surface area contributed by atoms with Crippen LogP contribution in [0.5, 0.6) is 11.5 Å². The van der Waals surface area contributed by atoms with Crippen LogP contribution in [0.2, 0.25) is 0 Å². The summed E-state index contributed by atoms with van der Waals surface area (Å²) in [4.78, 5) is 0. The van der Waals surface area contributed by atoms with Crippen LogP contribution in [0.3, 0.4) is 0 Å². The Balaban J connectivity index is 1.87. The summed E-state index contributed by atoms with van der Waals surface area (Å²) in [5, 5.41) is 8.25. The van der Waals surface area contributed by atoms with Crippen LogP contribution in [0.25, 0.3) is 16.9 Å². The van der Waals surface area contributed by atoms with Crippen molar-refractivity contribution in [2.45, 2.75) is 0 Å². The number of benzene rings is 2. The molecule has 0 fully saturated rings. The normalized spacial score (nSPS) is 10.7. The molecular weight excluding hydrogens is 341 g/mol. The predicted octanol–water partition coefficient (Wildman–Crippen LogP) is 3.04. The summed E-state index contributed by atoms with van der Waals surface area (Å²) in [6.07, 6.45) is 1.75. The van der Waals surface area contributed by atoms with Crippen LogP contribution in [-0.2, 0) is 9.47 Å². The second-order valence-corrected chi connectivity index (χ2v) is 5.29. The van der Waals surface area contributed by atoms with Gasteiger partial charge in [-0.25, -0.2) is 9.07 Å². The lowest BCUT2D eigenvalue weighted by molar-refractivity contribution is 0.0323. The lowest BCUT2D eigenvalue weighted by Gasteiger charge is -2.12. The summed E-state index contributed by atoms with van der Waals surface area (Å²) in [7, 11) is 3.08. The molecule has 0 unspecified atom stereocenters. The predicted molar refractivity (Wildman–Crippen MR) is 91.8 cm³/mol. The second-order valence-electron chi connectivity index (χ2n) is 5.29. The molecule has 0 spiro atoms. The fourth-order valence-corrected chi connectivity index (χ4v) is 2.26. The molecule has 3 rings (SSSR count). The van der Waals surface area contributed by atoms with Gasteiger partial charge in [-0.3, -0.25) is 0 Å². The zero-order chi connectivity index (χ0) is 18.4. The first-order chi connectivity index (χ1) is 12.7. The topological polar surface area (TPSA) is 67.6 Å². The van der Waals surface area contributed by atoms with Crippen LogP contribution >= 0.6 is 0 Å². The van der Waals surface area contributed by atoms with Gasteiger partial charge in [0.1, 0.15) is 11.5 Å². The molecule has 0 bridgehead atoms. The number of methoxy groups -OCH3 is 2. The van der Waals surface area contributed by atoms with Crippen LogP contribution in [-0.4, -0.2) is 42.8 Å². The summed E-state index contributed by atoms with van der Waals surface area (Å²) in [6.45, 7) is 0.179. The molecule has 2 aromatic carbocycles. The summed E-state index contributed by atoms with van der Waals surface area (Å²) >= 11 is 0. The zero-order valence-electron chi connectivity index (χ0n) is 14.4. The molecule has 0 amide bonds. The van der Waals surface area contributed by atoms with E-state index in [1.54, 1.807) is 35.1 Å². The standard InChI is InChI=1S/C18H18FN3O4/c1-23-11-25-17-8-3-13(9-18(17)26-12-24-2)16-10-22(21-20-16)15-6-4-14(19)5-7-15/h3-10H,11-12H2,1-2H3. The van der Waals surface area contributed by atoms with Crippen molar-refractivity contribution >= 4 is 0 Å². The van der Waals surface area contributed by atoms with Gasteiger partial charge in [-0.1, -0.05) is 5.21 Å². The maximum absolute atomic E-state index is 13.1. The summed E-state index contributed by atoms with van der Waals surface area (Å²) in [5.74, 6) is 0.719. The maximum atomic E-state index is 13.1. The van der Waals surface area contributed by atoms with E-state index in [0.29, 0.717) is 22.9 Å². The van der Waals surface area contributed by atoms with Gasteiger partial charge in [-0.15, -0.1) is 5.10 Å². The molecule has 136 valence electrons. The van der Waals surface area contributed by atoms with Crippen molar-refractivity contribution in [3.05, 3.63) is 54.5 Å². The largest absolute Gasteiger partial charge is 0.464 e. The Kier molecular flexibility index (Phi) is 5.77. The average Bonchev–Trinajstić information content (AvgIpc) is 3.15. The van der Waals surface area contributed by atoms with Crippen molar-refractivity contribution in [2.75, 3.05) is 27.8 Å². The van der Waals surface area contributed by atoms with Crippen LogP contribution < -0.4 is 9.47 Å². The number of halogens is 1. The monoisotopic (exact) mass is 359 g/mol. The quantitative estimate of drug-likeness (QED) is 0.576. The van der Waals surface area contributed by atoms with E-state index in [2.05, 4.69) is 10.3 Å². The van der Waals surface area contributed by atoms with Gasteiger partial charge < -0.3 is 18.9 Å². The summed E-state index contributed by atoms with van der Waals surface area (Å²) in [6, 6.07) is 11.4. The number of nitrogens with zero attached hydrogens (tertiary/aromatic N) is 3. The highest BCUT2D eigenvalue weighted by Gasteiger charge is 2.11. The highest BCUT2D eigenvalue weighted by atomic mass is 19.1. The van der Waals surface area contributed by atoms with Crippen molar-refractivity contribution in [3.8, 4) is 28.4 Å². The first-order valence-electron chi connectivity index (χ1n) is 7.77. The van der Waals surface area contributed by atoms with Gasteiger partial charge in [0.15, 0.2) is 25.1 Å². The third-order valence-electron chi connectivity index (χ3n) is 3.49. The van der Waals surface area contributed by atoms with Gasteiger partial charge in [0.05, 0.1) is 11.9 Å². The summed E-state index contributed by atoms with van der Waals surface area (Å²) < 4.78 is 35.5. The number of aromatic nitrogens is 3. The van der Waals surface area contributed by atoms with Crippen LogP contribution in [0, 0.1) is 5.82 Å². The molecule has 0 saturated carbocycles. The Labute approximate surface area is 149 Å². The molecular formula is C18H18FN3O4. The second kappa shape index (κ2) is 8.41. The van der Waals surface area contributed by atoms with E-state index in [-0.39, 0.29) is 19.4 Å². The minimum Gasteiger partial charge on any atom is -0.464 e. The van der Waals surface area contributed by atoms with Gasteiger partial charge in [0, 0.05) is 19.8 Å². The number of hydrogen-bond acceptors (Lipinski definition) is 6. The number of rotatable bonds is 8. The molecule has 0 aliphatic carbocycles. The molecule has 1 aromatic heterocycles. The molecule has 0 radical (unpaired) electrons. The minimum atomic E-state index is -0.305. The van der Waals surface area contributed by atoms with Crippen molar-refractivity contribution in [3.63, 3.8) is 0 Å². The molecule has 7 nitrogen and oxygen atoms in total. The van der Waals surface area contributed by atoms with Gasteiger partial charge in [-0.05, 0) is 42.5 Å². The zero-order valence-corrected chi connectivity index (χ0v) is 14.4. The molecule has 8 heteroatoms. The molecule has 1 heterocycles. The fraction of sp³-hybridized carbons (Fsp3) is 0.222. The van der Waals surface area contributed by atoms with E-state index in [9.17, 15) is 4.39 Å². The lowest BCUT2D eigenvalue weighted by Crippen LogP contribution is -2.04. The highest BCUT2D eigenvalue weighted by molar-refractivity contribution is 5.63. The SMILES string of the molecule is COCOc1ccc(-c2cn(-c3ccc(F)cc3)nn2)cc1OCOC. The fourth-order valence-electron chi connectivity index (χ4n) is 2.26. The van der Waals surface area contributed by atoms with E-state index in [0.717, 1.165) is 5.56 Å². The molecule has 0 atom stereocenters. The van der Waals surface area contributed by atoms with E-state index < -0.39 is 0 Å². The Morgan fingerprint density at radius 3 is 2.31 bits per heavy atom. The molecule has 0 saturated heterocycles. The van der Waals surface area contributed by atoms with Gasteiger partial charge in [0.2, 0.25) is 0 Å². The van der Waals surface area contributed by atoms with E-state index in [1.807, 2.05) is 6.07 Å². The molecule has 26 heavy (non-hydrogen) atoms. The third-order valence-corrected chi connectivity index (χ3v) is 3.49. The van der Waals surface area contributed by atoms with Gasteiger partial charge in [-0.2, -0.15) is 0 Å². The summed E-state index contributed by atoms with van der Waals surface area (Å²) in [5.41, 5.74) is 2.13. The lowest BCUT2D eigenvalue weighted by atomic mass is 10.1. The smallest absolute Gasteiger partial charge is 0.188 e. The third kappa shape index (κ3) is 4.16. The minimum absolute atomic E-state index is 0.0784. The molecule has 0 N–H and O–H groups in total. The Morgan fingerprint density at radius 1 is 0.923 bits per heavy atom. The van der Waals surface area contributed by atoms with E-state index in [4.69, 9.17) is 18.9 Å². The highest BCUT2D eigenvalue weighted by Crippen LogP contribution is 2.32. The van der Waals surface area contributed by atoms with Crippen molar-refractivity contribution in [1.82, 2.24) is 15.0 Å². The van der Waals surface area contributed by atoms with Gasteiger partial charge >= 0.3 is 0 Å². The van der Waals surface area contributed by atoms with Crippen LogP contribution in [0.15, 0.2) is 48.7 Å². The molecule has 0 aliphatic heterocycles. The average molecular weight is 359 g/mol. The van der Waals surface area contributed by atoms with Crippen LogP contribution in [0.1, 0.15) is 0 Å². The van der Waals surface area contributed by atoms with Crippen molar-refractivity contribution < 1.29 is 23.3 Å². The van der Waals surface area contributed by atoms with E-state index >= 15 is 0 Å². The maximum Gasteiger partial charge on any atom is 0.188 e. The Bertz CT molecular complexity index is 852. The van der Waals surface area contributed by atoms with Crippen LogP contribution in [0.4, 0.5) is 4.39 Å². The Morgan fingerprint density at radius 2 is 1.62 bits per heavy atom. The molecule has 0 aliphatic rings. The van der Waals surface area contributed by atoms with Crippen molar-refractivity contribution in [2.24, 2.45) is 0 Å². The first kappa shape index (κ1) is 17.8. The molecule has 3 aromatic rings.